The topological polar surface area (TPSA) is 49.4 Å². The molecule has 2 unspecified atom stereocenters. The number of hydrogen-bond donors (Lipinski definition) is 1. The molecular formula is C17H20N2O2. The number of hydrogen-bond acceptors (Lipinski definition) is 2. The zero-order chi connectivity index (χ0) is 15.4. The van der Waals surface area contributed by atoms with Crippen LogP contribution in [0.15, 0.2) is 30.3 Å². The molecule has 0 bridgehead atoms. The molecular weight excluding hydrogens is 264 g/mol. The Balaban J connectivity index is 2.34. The molecule has 0 radical (unpaired) electrons. The summed E-state index contributed by atoms with van der Waals surface area (Å²) in [6.07, 6.45) is 0. The van der Waals surface area contributed by atoms with Gasteiger partial charge in [-0.05, 0) is 18.4 Å². The third-order valence-electron chi connectivity index (χ3n) is 3.61. The van der Waals surface area contributed by atoms with E-state index in [4.69, 9.17) is 0 Å². The Hall–Kier alpha value is -2.28. The molecule has 1 heterocycles. The number of nitrogens with one attached hydrogen (secondary N) is 1. The second kappa shape index (κ2) is 6.45. The SMILES string of the molecule is CC#CCN1C(=O)C(c2ccccc2)NC(=O)C1C(C)C. The van der Waals surface area contributed by atoms with Gasteiger partial charge in [0.15, 0.2) is 0 Å². The molecule has 0 aromatic heterocycles. The summed E-state index contributed by atoms with van der Waals surface area (Å²) in [4.78, 5) is 26.7. The predicted octanol–water partition coefficient (Wildman–Crippen LogP) is 1.73. The average molecular weight is 284 g/mol. The second-order valence-electron chi connectivity index (χ2n) is 5.43. The van der Waals surface area contributed by atoms with E-state index in [9.17, 15) is 9.59 Å². The van der Waals surface area contributed by atoms with Crippen LogP contribution in [0.5, 0.6) is 0 Å². The van der Waals surface area contributed by atoms with E-state index in [-0.39, 0.29) is 24.3 Å². The van der Waals surface area contributed by atoms with Gasteiger partial charge in [0.2, 0.25) is 5.91 Å². The molecule has 1 aromatic rings. The Labute approximate surface area is 125 Å². The zero-order valence-electron chi connectivity index (χ0n) is 12.6. The quantitative estimate of drug-likeness (QED) is 0.859. The maximum atomic E-state index is 12.7. The first-order chi connectivity index (χ1) is 10.1. The van der Waals surface area contributed by atoms with E-state index in [1.54, 1.807) is 11.8 Å². The van der Waals surface area contributed by atoms with Crippen molar-refractivity contribution in [3.8, 4) is 11.8 Å². The summed E-state index contributed by atoms with van der Waals surface area (Å²) in [6, 6.07) is 8.23. The molecule has 4 heteroatoms. The Morgan fingerprint density at radius 3 is 2.48 bits per heavy atom. The lowest BCUT2D eigenvalue weighted by molar-refractivity contribution is -0.150. The van der Waals surface area contributed by atoms with Gasteiger partial charge in [0, 0.05) is 0 Å². The van der Waals surface area contributed by atoms with E-state index < -0.39 is 12.1 Å². The fourth-order valence-electron chi connectivity index (χ4n) is 2.61. The number of carbonyl (C=O) groups excluding carboxylic acids is 2. The van der Waals surface area contributed by atoms with Gasteiger partial charge >= 0.3 is 0 Å². The first kappa shape index (κ1) is 15.1. The highest BCUT2D eigenvalue weighted by Gasteiger charge is 2.42. The van der Waals surface area contributed by atoms with Crippen LogP contribution >= 0.6 is 0 Å². The van der Waals surface area contributed by atoms with Crippen LogP contribution in [-0.4, -0.2) is 29.3 Å². The summed E-state index contributed by atoms with van der Waals surface area (Å²) in [5, 5.41) is 2.84. The highest BCUT2D eigenvalue weighted by Crippen LogP contribution is 2.25. The minimum atomic E-state index is -0.618. The van der Waals surface area contributed by atoms with Crippen molar-refractivity contribution in [3.05, 3.63) is 35.9 Å². The molecule has 0 saturated carbocycles. The fraction of sp³-hybridized carbons (Fsp3) is 0.412. The molecule has 2 amide bonds. The van der Waals surface area contributed by atoms with Crippen molar-refractivity contribution < 1.29 is 9.59 Å². The number of piperazine rings is 1. The summed E-state index contributed by atoms with van der Waals surface area (Å²) >= 11 is 0. The molecule has 1 N–H and O–H groups in total. The van der Waals surface area contributed by atoms with Crippen LogP contribution < -0.4 is 5.32 Å². The molecule has 1 saturated heterocycles. The lowest BCUT2D eigenvalue weighted by Gasteiger charge is -2.40. The molecule has 1 aliphatic heterocycles. The number of amides is 2. The highest BCUT2D eigenvalue weighted by atomic mass is 16.2. The van der Waals surface area contributed by atoms with Gasteiger partial charge in [-0.25, -0.2) is 0 Å². The van der Waals surface area contributed by atoms with Crippen LogP contribution in [-0.2, 0) is 9.59 Å². The molecule has 110 valence electrons. The maximum Gasteiger partial charge on any atom is 0.251 e. The van der Waals surface area contributed by atoms with Crippen molar-refractivity contribution in [1.82, 2.24) is 10.2 Å². The minimum absolute atomic E-state index is 0.0457. The summed E-state index contributed by atoms with van der Waals surface area (Å²) in [5.74, 6) is 5.53. The number of benzene rings is 1. The summed E-state index contributed by atoms with van der Waals surface area (Å²) in [5.41, 5.74) is 0.799. The lowest BCUT2D eigenvalue weighted by Crippen LogP contribution is -2.61. The van der Waals surface area contributed by atoms with Crippen molar-refractivity contribution in [2.45, 2.75) is 32.9 Å². The van der Waals surface area contributed by atoms with Crippen LogP contribution in [0, 0.1) is 17.8 Å². The minimum Gasteiger partial charge on any atom is -0.339 e. The molecule has 21 heavy (non-hydrogen) atoms. The highest BCUT2D eigenvalue weighted by molar-refractivity contribution is 5.97. The summed E-state index contributed by atoms with van der Waals surface area (Å²) in [6.45, 7) is 5.89. The zero-order valence-corrected chi connectivity index (χ0v) is 12.6. The van der Waals surface area contributed by atoms with E-state index in [1.165, 1.54) is 0 Å². The largest absolute Gasteiger partial charge is 0.339 e. The van der Waals surface area contributed by atoms with Gasteiger partial charge in [0.1, 0.15) is 12.1 Å². The molecule has 1 fully saturated rings. The van der Waals surface area contributed by atoms with Gasteiger partial charge in [0.25, 0.3) is 5.91 Å². The first-order valence-electron chi connectivity index (χ1n) is 7.11. The van der Waals surface area contributed by atoms with Gasteiger partial charge in [-0.15, -0.1) is 5.92 Å². The molecule has 1 aliphatic rings. The van der Waals surface area contributed by atoms with Crippen LogP contribution in [0.3, 0.4) is 0 Å². The second-order valence-corrected chi connectivity index (χ2v) is 5.43. The Morgan fingerprint density at radius 1 is 1.24 bits per heavy atom. The van der Waals surface area contributed by atoms with E-state index in [0.717, 1.165) is 5.56 Å². The smallest absolute Gasteiger partial charge is 0.251 e. The molecule has 2 rings (SSSR count). The summed E-state index contributed by atoms with van der Waals surface area (Å²) in [7, 11) is 0. The van der Waals surface area contributed by atoms with Crippen molar-refractivity contribution in [2.75, 3.05) is 6.54 Å². The third-order valence-corrected chi connectivity index (χ3v) is 3.61. The summed E-state index contributed by atoms with van der Waals surface area (Å²) < 4.78 is 0. The fourth-order valence-corrected chi connectivity index (χ4v) is 2.61. The Morgan fingerprint density at radius 2 is 1.90 bits per heavy atom. The van der Waals surface area contributed by atoms with E-state index in [0.29, 0.717) is 0 Å². The number of carbonyl (C=O) groups is 2. The van der Waals surface area contributed by atoms with Gasteiger partial charge in [-0.3, -0.25) is 9.59 Å². The normalized spacial score (nSPS) is 21.8. The molecule has 2 atom stereocenters. The van der Waals surface area contributed by atoms with Crippen LogP contribution in [0.4, 0.5) is 0 Å². The number of nitrogens with zero attached hydrogens (tertiary/aromatic N) is 1. The van der Waals surface area contributed by atoms with Crippen LogP contribution in [0.2, 0.25) is 0 Å². The first-order valence-corrected chi connectivity index (χ1v) is 7.11. The van der Waals surface area contributed by atoms with Gasteiger partial charge in [0.05, 0.1) is 6.54 Å². The lowest BCUT2D eigenvalue weighted by atomic mass is 9.94. The molecule has 4 nitrogen and oxygen atoms in total. The Bertz CT molecular complexity index is 584. The van der Waals surface area contributed by atoms with Crippen LogP contribution in [0.25, 0.3) is 0 Å². The molecule has 0 aliphatic carbocycles. The van der Waals surface area contributed by atoms with Crippen LogP contribution in [0.1, 0.15) is 32.4 Å². The van der Waals surface area contributed by atoms with E-state index in [2.05, 4.69) is 17.2 Å². The number of rotatable bonds is 3. The van der Waals surface area contributed by atoms with E-state index in [1.807, 2.05) is 44.2 Å². The average Bonchev–Trinajstić information content (AvgIpc) is 2.48. The van der Waals surface area contributed by atoms with E-state index >= 15 is 0 Å². The monoisotopic (exact) mass is 284 g/mol. The van der Waals surface area contributed by atoms with Gasteiger partial charge in [-0.2, -0.15) is 0 Å². The van der Waals surface area contributed by atoms with Crippen molar-refractivity contribution >= 4 is 11.8 Å². The molecule has 1 aromatic carbocycles. The standard InChI is InChI=1S/C17H20N2O2/c1-4-5-11-19-15(12(2)3)16(20)18-14(17(19)21)13-9-7-6-8-10-13/h6-10,12,14-15H,11H2,1-3H3,(H,18,20). The predicted molar refractivity (Wildman–Crippen MR) is 81.1 cm³/mol. The third kappa shape index (κ3) is 3.08. The molecule has 0 spiro atoms. The van der Waals surface area contributed by atoms with Gasteiger partial charge < -0.3 is 10.2 Å². The Kier molecular flexibility index (Phi) is 4.64. The van der Waals surface area contributed by atoms with Gasteiger partial charge in [-0.1, -0.05) is 50.1 Å². The van der Waals surface area contributed by atoms with Crippen molar-refractivity contribution in [3.63, 3.8) is 0 Å². The maximum absolute atomic E-state index is 12.7. The van der Waals surface area contributed by atoms with Crippen molar-refractivity contribution in [1.29, 1.82) is 0 Å². The van der Waals surface area contributed by atoms with Crippen molar-refractivity contribution in [2.24, 2.45) is 5.92 Å².